The first-order chi connectivity index (χ1) is 10.8. The van der Waals surface area contributed by atoms with Crippen LogP contribution in [0.3, 0.4) is 0 Å². The van der Waals surface area contributed by atoms with E-state index < -0.39 is 6.04 Å². The minimum Gasteiger partial charge on any atom is -0.331 e. The van der Waals surface area contributed by atoms with Gasteiger partial charge in [0.05, 0.1) is 23.9 Å². The van der Waals surface area contributed by atoms with Gasteiger partial charge >= 0.3 is 6.03 Å². The summed E-state index contributed by atoms with van der Waals surface area (Å²) in [4.78, 5) is 28.3. The molecule has 1 aromatic rings. The number of carbonyl (C=O) groups is 2. The fourth-order valence-electron chi connectivity index (χ4n) is 2.97. The zero-order chi connectivity index (χ0) is 16.9. The van der Waals surface area contributed by atoms with E-state index in [2.05, 4.69) is 5.32 Å². The van der Waals surface area contributed by atoms with Gasteiger partial charge in [-0.1, -0.05) is 29.3 Å². The number of rotatable bonds is 2. The van der Waals surface area contributed by atoms with E-state index in [4.69, 9.17) is 23.2 Å². The number of nitrogens with one attached hydrogen (secondary N) is 1. The maximum absolute atomic E-state index is 12.8. The van der Waals surface area contributed by atoms with Crippen molar-refractivity contribution in [1.82, 2.24) is 15.1 Å². The normalized spacial score (nSPS) is 21.2. The van der Waals surface area contributed by atoms with Crippen molar-refractivity contribution >= 4 is 35.1 Å². The van der Waals surface area contributed by atoms with Crippen molar-refractivity contribution in [3.63, 3.8) is 0 Å². The summed E-state index contributed by atoms with van der Waals surface area (Å²) in [5, 5.41) is 3.79. The highest BCUT2D eigenvalue weighted by atomic mass is 35.5. The third-order valence-electron chi connectivity index (χ3n) is 4.29. The standard InChI is InChI=1S/C16H17Cl2N3O2/c1-8(2)21-7-12-13(15(21)22)14(19-16(23)20(12)3)10-5-4-9(17)6-11(10)18/h4-6,8,14H,7H2,1-3H3,(H,19,23)/t14-/m1/s1. The third kappa shape index (κ3) is 2.58. The molecule has 0 fully saturated rings. The Morgan fingerprint density at radius 1 is 1.26 bits per heavy atom. The average molecular weight is 354 g/mol. The number of carbonyl (C=O) groups excluding carboxylic acids is 2. The summed E-state index contributed by atoms with van der Waals surface area (Å²) >= 11 is 12.2. The smallest absolute Gasteiger partial charge is 0.322 e. The second kappa shape index (κ2) is 5.73. The third-order valence-corrected chi connectivity index (χ3v) is 4.85. The molecule has 122 valence electrons. The van der Waals surface area contributed by atoms with Crippen molar-refractivity contribution < 1.29 is 9.59 Å². The van der Waals surface area contributed by atoms with Crippen molar-refractivity contribution in [3.05, 3.63) is 45.1 Å². The molecule has 1 aromatic carbocycles. The number of hydrogen-bond acceptors (Lipinski definition) is 2. The van der Waals surface area contributed by atoms with Crippen molar-refractivity contribution in [2.45, 2.75) is 25.9 Å². The number of amides is 3. The topological polar surface area (TPSA) is 52.7 Å². The van der Waals surface area contributed by atoms with E-state index in [-0.39, 0.29) is 18.0 Å². The van der Waals surface area contributed by atoms with E-state index in [0.717, 1.165) is 5.70 Å². The van der Waals surface area contributed by atoms with Gasteiger partial charge in [0.25, 0.3) is 5.91 Å². The van der Waals surface area contributed by atoms with Gasteiger partial charge in [-0.25, -0.2) is 4.79 Å². The Hall–Kier alpha value is -1.72. The minimum atomic E-state index is -0.560. The highest BCUT2D eigenvalue weighted by Crippen LogP contribution is 2.39. The maximum Gasteiger partial charge on any atom is 0.322 e. The number of benzene rings is 1. The van der Waals surface area contributed by atoms with Crippen LogP contribution >= 0.6 is 23.2 Å². The second-order valence-electron chi connectivity index (χ2n) is 5.99. The predicted molar refractivity (Wildman–Crippen MR) is 89.4 cm³/mol. The van der Waals surface area contributed by atoms with Gasteiger partial charge in [-0.2, -0.15) is 0 Å². The van der Waals surface area contributed by atoms with Crippen LogP contribution in [0.4, 0.5) is 4.79 Å². The highest BCUT2D eigenvalue weighted by Gasteiger charge is 2.43. The minimum absolute atomic E-state index is 0.0536. The Labute approximate surface area is 144 Å². The van der Waals surface area contributed by atoms with Crippen LogP contribution in [0.5, 0.6) is 0 Å². The van der Waals surface area contributed by atoms with E-state index in [1.165, 1.54) is 4.90 Å². The molecule has 0 saturated carbocycles. The summed E-state index contributed by atoms with van der Waals surface area (Å²) in [7, 11) is 1.67. The Morgan fingerprint density at radius 3 is 2.57 bits per heavy atom. The number of hydrogen-bond donors (Lipinski definition) is 1. The Bertz CT molecular complexity index is 730. The molecule has 7 heteroatoms. The van der Waals surface area contributed by atoms with Gasteiger partial charge < -0.3 is 10.2 Å². The molecule has 0 unspecified atom stereocenters. The summed E-state index contributed by atoms with van der Waals surface area (Å²) in [6.07, 6.45) is 0. The Balaban J connectivity index is 2.10. The molecule has 2 aliphatic heterocycles. The van der Waals surface area contributed by atoms with Gasteiger partial charge in [0.15, 0.2) is 0 Å². The molecular weight excluding hydrogens is 337 g/mol. The molecule has 0 bridgehead atoms. The molecule has 0 aromatic heterocycles. The van der Waals surface area contributed by atoms with Crippen LogP contribution in [0, 0.1) is 0 Å². The number of halogens is 2. The van der Waals surface area contributed by atoms with Crippen LogP contribution in [-0.4, -0.2) is 41.4 Å². The Kier molecular flexibility index (Phi) is 4.02. The van der Waals surface area contributed by atoms with Crippen molar-refractivity contribution in [2.75, 3.05) is 13.6 Å². The van der Waals surface area contributed by atoms with Crippen LogP contribution < -0.4 is 5.32 Å². The molecule has 0 saturated heterocycles. The molecule has 23 heavy (non-hydrogen) atoms. The summed E-state index contributed by atoms with van der Waals surface area (Å²) in [5.41, 5.74) is 1.97. The predicted octanol–water partition coefficient (Wildman–Crippen LogP) is 3.19. The molecule has 5 nitrogen and oxygen atoms in total. The molecule has 1 atom stereocenters. The fraction of sp³-hybridized carbons (Fsp3) is 0.375. The van der Waals surface area contributed by atoms with E-state index in [1.807, 2.05) is 13.8 Å². The molecule has 3 amide bonds. The number of likely N-dealkylation sites (N-methyl/N-ethyl adjacent to an activating group) is 1. The summed E-state index contributed by atoms with van der Waals surface area (Å²) in [6.45, 7) is 4.34. The van der Waals surface area contributed by atoms with Crippen LogP contribution in [0.2, 0.25) is 10.0 Å². The first kappa shape index (κ1) is 16.1. The van der Waals surface area contributed by atoms with Crippen LogP contribution in [0.25, 0.3) is 0 Å². The molecule has 0 aliphatic carbocycles. The molecule has 3 rings (SSSR count). The molecule has 2 heterocycles. The summed E-state index contributed by atoms with van der Waals surface area (Å²) in [6, 6.07) is 4.30. The lowest BCUT2D eigenvalue weighted by molar-refractivity contribution is -0.127. The van der Waals surface area contributed by atoms with Gasteiger partial charge in [-0.3, -0.25) is 9.69 Å². The largest absolute Gasteiger partial charge is 0.331 e. The van der Waals surface area contributed by atoms with Gasteiger partial charge in [-0.15, -0.1) is 0 Å². The first-order valence-electron chi connectivity index (χ1n) is 7.34. The lowest BCUT2D eigenvalue weighted by atomic mass is 9.95. The lowest BCUT2D eigenvalue weighted by Gasteiger charge is -2.31. The van der Waals surface area contributed by atoms with Crippen LogP contribution in [0.1, 0.15) is 25.5 Å². The second-order valence-corrected chi connectivity index (χ2v) is 6.84. The monoisotopic (exact) mass is 353 g/mol. The fourth-order valence-corrected chi connectivity index (χ4v) is 3.49. The lowest BCUT2D eigenvalue weighted by Crippen LogP contribution is -2.45. The SMILES string of the molecule is CC(C)N1CC2=C(C1=O)[C@@H](c1ccc(Cl)cc1Cl)NC(=O)N2C. The summed E-state index contributed by atoms with van der Waals surface area (Å²) in [5.74, 6) is -0.0714. The zero-order valence-corrected chi connectivity index (χ0v) is 14.6. The van der Waals surface area contributed by atoms with Crippen LogP contribution in [0.15, 0.2) is 29.5 Å². The van der Waals surface area contributed by atoms with Gasteiger partial charge in [0.1, 0.15) is 0 Å². The molecule has 2 aliphatic rings. The Morgan fingerprint density at radius 2 is 1.96 bits per heavy atom. The van der Waals surface area contributed by atoms with Crippen LogP contribution in [-0.2, 0) is 4.79 Å². The quantitative estimate of drug-likeness (QED) is 0.887. The molecule has 0 radical (unpaired) electrons. The zero-order valence-electron chi connectivity index (χ0n) is 13.1. The molecular formula is C16H17Cl2N3O2. The van der Waals surface area contributed by atoms with Crippen molar-refractivity contribution in [2.24, 2.45) is 0 Å². The van der Waals surface area contributed by atoms with Gasteiger partial charge in [0, 0.05) is 23.1 Å². The number of nitrogens with zero attached hydrogens (tertiary/aromatic N) is 2. The van der Waals surface area contributed by atoms with Gasteiger partial charge in [-0.05, 0) is 31.5 Å². The average Bonchev–Trinajstić information content (AvgIpc) is 2.82. The maximum atomic E-state index is 12.8. The van der Waals surface area contributed by atoms with E-state index in [1.54, 1.807) is 30.1 Å². The van der Waals surface area contributed by atoms with Crippen molar-refractivity contribution in [1.29, 1.82) is 0 Å². The first-order valence-corrected chi connectivity index (χ1v) is 8.10. The van der Waals surface area contributed by atoms with E-state index in [0.29, 0.717) is 27.7 Å². The molecule has 0 spiro atoms. The van der Waals surface area contributed by atoms with E-state index >= 15 is 0 Å². The van der Waals surface area contributed by atoms with Gasteiger partial charge in [0.2, 0.25) is 0 Å². The molecule has 1 N–H and O–H groups in total. The van der Waals surface area contributed by atoms with E-state index in [9.17, 15) is 9.59 Å². The number of urea groups is 1. The van der Waals surface area contributed by atoms with Crippen molar-refractivity contribution in [3.8, 4) is 0 Å². The highest BCUT2D eigenvalue weighted by molar-refractivity contribution is 6.35. The summed E-state index contributed by atoms with van der Waals surface area (Å²) < 4.78 is 0.